The van der Waals surface area contributed by atoms with Gasteiger partial charge in [0.25, 0.3) is 5.91 Å². The van der Waals surface area contributed by atoms with E-state index in [1.165, 1.54) is 6.26 Å². The van der Waals surface area contributed by atoms with Gasteiger partial charge in [-0.15, -0.1) is 0 Å². The number of benzene rings is 1. The van der Waals surface area contributed by atoms with Crippen molar-refractivity contribution in [3.63, 3.8) is 0 Å². The number of furan rings is 1. The normalized spacial score (nSPS) is 10.4. The standard InChI is InChI=1S/C20H20N2O4/c1-24-17-9-8-15(12-19(17)25-2)13-22(14-16-6-3-4-10-21-16)20(23)18-7-5-11-26-18/h3-12H,13-14H2,1-2H3. The summed E-state index contributed by atoms with van der Waals surface area (Å²) in [5.41, 5.74) is 1.71. The van der Waals surface area contributed by atoms with Crippen molar-refractivity contribution in [1.29, 1.82) is 0 Å². The number of carbonyl (C=O) groups is 1. The lowest BCUT2D eigenvalue weighted by Crippen LogP contribution is -2.30. The second-order valence-corrected chi connectivity index (χ2v) is 5.65. The predicted octanol–water partition coefficient (Wildman–Crippen LogP) is 3.53. The summed E-state index contributed by atoms with van der Waals surface area (Å²) in [5, 5.41) is 0. The van der Waals surface area contributed by atoms with E-state index < -0.39 is 0 Å². The number of aromatic nitrogens is 1. The Labute approximate surface area is 152 Å². The zero-order valence-electron chi connectivity index (χ0n) is 14.7. The molecule has 0 aliphatic rings. The van der Waals surface area contributed by atoms with E-state index in [0.717, 1.165) is 11.3 Å². The fourth-order valence-electron chi connectivity index (χ4n) is 2.64. The van der Waals surface area contributed by atoms with E-state index in [9.17, 15) is 4.79 Å². The number of amides is 1. The molecule has 0 aliphatic carbocycles. The number of methoxy groups -OCH3 is 2. The van der Waals surface area contributed by atoms with Crippen LogP contribution in [0.15, 0.2) is 65.4 Å². The molecule has 0 spiro atoms. The monoisotopic (exact) mass is 352 g/mol. The van der Waals surface area contributed by atoms with E-state index in [-0.39, 0.29) is 5.91 Å². The van der Waals surface area contributed by atoms with Crippen molar-refractivity contribution in [3.05, 3.63) is 78.0 Å². The van der Waals surface area contributed by atoms with E-state index in [0.29, 0.717) is 30.3 Å². The van der Waals surface area contributed by atoms with Crippen molar-refractivity contribution in [2.24, 2.45) is 0 Å². The van der Waals surface area contributed by atoms with Crippen LogP contribution in [0.1, 0.15) is 21.8 Å². The third-order valence-electron chi connectivity index (χ3n) is 3.92. The van der Waals surface area contributed by atoms with Gasteiger partial charge in [-0.05, 0) is 42.0 Å². The second-order valence-electron chi connectivity index (χ2n) is 5.65. The van der Waals surface area contributed by atoms with Crippen LogP contribution in [-0.4, -0.2) is 30.0 Å². The first-order chi connectivity index (χ1) is 12.7. The quantitative estimate of drug-likeness (QED) is 0.651. The minimum absolute atomic E-state index is 0.199. The number of hydrogen-bond donors (Lipinski definition) is 0. The zero-order chi connectivity index (χ0) is 18.4. The van der Waals surface area contributed by atoms with Gasteiger partial charge >= 0.3 is 0 Å². The van der Waals surface area contributed by atoms with Crippen LogP contribution in [0.4, 0.5) is 0 Å². The van der Waals surface area contributed by atoms with Gasteiger partial charge in [-0.25, -0.2) is 0 Å². The molecule has 0 radical (unpaired) electrons. The second kappa shape index (κ2) is 8.20. The maximum absolute atomic E-state index is 12.8. The molecule has 0 saturated carbocycles. The van der Waals surface area contributed by atoms with Gasteiger partial charge in [0.1, 0.15) is 0 Å². The average molecular weight is 352 g/mol. The molecule has 0 bridgehead atoms. The van der Waals surface area contributed by atoms with Crippen LogP contribution in [0.2, 0.25) is 0 Å². The molecular weight excluding hydrogens is 332 g/mol. The maximum atomic E-state index is 12.8. The molecular formula is C20H20N2O4. The number of hydrogen-bond acceptors (Lipinski definition) is 5. The van der Waals surface area contributed by atoms with Crippen molar-refractivity contribution >= 4 is 5.91 Å². The zero-order valence-corrected chi connectivity index (χ0v) is 14.7. The van der Waals surface area contributed by atoms with Gasteiger partial charge in [-0.3, -0.25) is 9.78 Å². The Kier molecular flexibility index (Phi) is 5.53. The molecule has 2 heterocycles. The van der Waals surface area contributed by atoms with E-state index in [1.807, 2.05) is 36.4 Å². The van der Waals surface area contributed by atoms with Crippen molar-refractivity contribution in [2.45, 2.75) is 13.1 Å². The summed E-state index contributed by atoms with van der Waals surface area (Å²) in [6.45, 7) is 0.755. The summed E-state index contributed by atoms with van der Waals surface area (Å²) in [4.78, 5) is 18.8. The molecule has 0 N–H and O–H groups in total. The fourth-order valence-corrected chi connectivity index (χ4v) is 2.64. The molecule has 1 aromatic carbocycles. The largest absolute Gasteiger partial charge is 0.493 e. The molecule has 0 saturated heterocycles. The van der Waals surface area contributed by atoms with E-state index in [2.05, 4.69) is 4.98 Å². The van der Waals surface area contributed by atoms with Crippen molar-refractivity contribution in [3.8, 4) is 11.5 Å². The van der Waals surface area contributed by atoms with Crippen LogP contribution in [0.25, 0.3) is 0 Å². The molecule has 1 amide bonds. The number of pyridine rings is 1. The van der Waals surface area contributed by atoms with Gasteiger partial charge in [-0.1, -0.05) is 12.1 Å². The lowest BCUT2D eigenvalue weighted by molar-refractivity contribution is 0.0695. The summed E-state index contributed by atoms with van der Waals surface area (Å²) < 4.78 is 15.9. The molecule has 6 nitrogen and oxygen atoms in total. The maximum Gasteiger partial charge on any atom is 0.290 e. The number of rotatable bonds is 7. The highest BCUT2D eigenvalue weighted by molar-refractivity contribution is 5.91. The molecule has 0 aliphatic heterocycles. The highest BCUT2D eigenvalue weighted by atomic mass is 16.5. The van der Waals surface area contributed by atoms with Gasteiger partial charge in [0, 0.05) is 12.7 Å². The topological polar surface area (TPSA) is 64.8 Å². The number of carbonyl (C=O) groups excluding carboxylic acids is 1. The van der Waals surface area contributed by atoms with Crippen molar-refractivity contribution < 1.29 is 18.7 Å². The summed E-state index contributed by atoms with van der Waals surface area (Å²) in [6, 6.07) is 14.6. The first-order valence-corrected chi connectivity index (χ1v) is 8.15. The molecule has 0 fully saturated rings. The Morgan fingerprint density at radius 1 is 1.04 bits per heavy atom. The SMILES string of the molecule is COc1ccc(CN(Cc2ccccn2)C(=O)c2ccco2)cc1OC. The number of nitrogens with zero attached hydrogens (tertiary/aromatic N) is 2. The number of ether oxygens (including phenoxy) is 2. The van der Waals surface area contributed by atoms with Crippen LogP contribution < -0.4 is 9.47 Å². The Morgan fingerprint density at radius 3 is 2.54 bits per heavy atom. The van der Waals surface area contributed by atoms with Crippen LogP contribution in [0, 0.1) is 0 Å². The average Bonchev–Trinajstić information content (AvgIpc) is 3.22. The third-order valence-corrected chi connectivity index (χ3v) is 3.92. The first-order valence-electron chi connectivity index (χ1n) is 8.15. The first kappa shape index (κ1) is 17.5. The summed E-state index contributed by atoms with van der Waals surface area (Å²) in [6.07, 6.45) is 3.20. The Bertz CT molecular complexity index is 848. The molecule has 2 aromatic heterocycles. The minimum atomic E-state index is -0.199. The molecule has 3 aromatic rings. The van der Waals surface area contributed by atoms with Gasteiger partial charge in [0.2, 0.25) is 0 Å². The van der Waals surface area contributed by atoms with Crippen molar-refractivity contribution in [2.75, 3.05) is 14.2 Å². The third kappa shape index (κ3) is 4.03. The Morgan fingerprint density at radius 2 is 1.88 bits per heavy atom. The van der Waals surface area contributed by atoms with Crippen LogP contribution in [0.5, 0.6) is 11.5 Å². The molecule has 0 unspecified atom stereocenters. The predicted molar refractivity (Wildman–Crippen MR) is 96.1 cm³/mol. The molecule has 3 rings (SSSR count). The van der Waals surface area contributed by atoms with Gasteiger partial charge in [0.05, 0.1) is 32.7 Å². The van der Waals surface area contributed by atoms with E-state index in [1.54, 1.807) is 37.4 Å². The lowest BCUT2D eigenvalue weighted by Gasteiger charge is -2.22. The van der Waals surface area contributed by atoms with Crippen LogP contribution in [0.3, 0.4) is 0 Å². The Hall–Kier alpha value is -3.28. The van der Waals surface area contributed by atoms with Gasteiger partial charge < -0.3 is 18.8 Å². The molecule has 134 valence electrons. The van der Waals surface area contributed by atoms with Crippen LogP contribution in [-0.2, 0) is 13.1 Å². The molecule has 6 heteroatoms. The highest BCUT2D eigenvalue weighted by Crippen LogP contribution is 2.28. The van der Waals surface area contributed by atoms with E-state index >= 15 is 0 Å². The molecule has 26 heavy (non-hydrogen) atoms. The highest BCUT2D eigenvalue weighted by Gasteiger charge is 2.20. The smallest absolute Gasteiger partial charge is 0.290 e. The summed E-state index contributed by atoms with van der Waals surface area (Å²) >= 11 is 0. The van der Waals surface area contributed by atoms with Gasteiger partial charge in [-0.2, -0.15) is 0 Å². The van der Waals surface area contributed by atoms with E-state index in [4.69, 9.17) is 13.9 Å². The minimum Gasteiger partial charge on any atom is -0.493 e. The lowest BCUT2D eigenvalue weighted by atomic mass is 10.1. The fraction of sp³-hybridized carbons (Fsp3) is 0.200. The Balaban J connectivity index is 1.87. The summed E-state index contributed by atoms with van der Waals surface area (Å²) in [5.74, 6) is 1.36. The summed E-state index contributed by atoms with van der Waals surface area (Å²) in [7, 11) is 3.17. The molecule has 0 atom stereocenters. The van der Waals surface area contributed by atoms with Crippen LogP contribution >= 0.6 is 0 Å². The van der Waals surface area contributed by atoms with Crippen molar-refractivity contribution in [1.82, 2.24) is 9.88 Å². The van der Waals surface area contributed by atoms with Gasteiger partial charge in [0.15, 0.2) is 17.3 Å².